The molecule has 0 spiro atoms. The molecule has 7 heteroatoms. The summed E-state index contributed by atoms with van der Waals surface area (Å²) in [7, 11) is 0. The third kappa shape index (κ3) is 3.90. The first-order valence-electron chi connectivity index (χ1n) is 5.92. The lowest BCUT2D eigenvalue weighted by atomic mass is 10.3. The molecular weight excluding hydrogens is 282 g/mol. The van der Waals surface area contributed by atoms with Crippen LogP contribution in [0.15, 0.2) is 54.6 Å². The number of benzene rings is 2. The molecule has 0 aromatic heterocycles. The zero-order valence-electron chi connectivity index (χ0n) is 10.8. The van der Waals surface area contributed by atoms with E-state index in [1.54, 1.807) is 24.3 Å². The molecule has 0 unspecified atom stereocenters. The van der Waals surface area contributed by atoms with Gasteiger partial charge in [0.25, 0.3) is 0 Å². The van der Waals surface area contributed by atoms with Gasteiger partial charge in [-0.05, 0) is 36.4 Å². The molecule has 0 fully saturated rings. The number of hydrogen-bond donors (Lipinski definition) is 2. The van der Waals surface area contributed by atoms with Gasteiger partial charge in [0, 0.05) is 0 Å². The van der Waals surface area contributed by atoms with Gasteiger partial charge in [0.2, 0.25) is 0 Å². The van der Waals surface area contributed by atoms with Crippen molar-refractivity contribution in [3.8, 4) is 17.2 Å². The zero-order chi connectivity index (χ0) is 15.3. The predicted octanol–water partition coefficient (Wildman–Crippen LogP) is 2.44. The molecule has 1 amide bonds. The fourth-order valence-electron chi connectivity index (χ4n) is 1.48. The number of amides is 1. The minimum absolute atomic E-state index is 0.191. The van der Waals surface area contributed by atoms with Crippen LogP contribution in [-0.2, 0) is 4.79 Å². The summed E-state index contributed by atoms with van der Waals surface area (Å²) >= 11 is 0. The largest absolute Gasteiger partial charge is 0.483 e. The molecule has 21 heavy (non-hydrogen) atoms. The van der Waals surface area contributed by atoms with E-state index < -0.39 is 12.0 Å². The second-order valence-corrected chi connectivity index (χ2v) is 3.98. The molecule has 0 bridgehead atoms. The summed E-state index contributed by atoms with van der Waals surface area (Å²) in [5.74, 6) is 3.78. The van der Waals surface area contributed by atoms with Crippen LogP contribution < -0.4 is 20.7 Å². The van der Waals surface area contributed by atoms with Gasteiger partial charge in [0.15, 0.2) is 0 Å². The normalized spacial score (nSPS) is 10.8. The Hall–Kier alpha value is -2.67. The summed E-state index contributed by atoms with van der Waals surface area (Å²) in [5, 5.41) is 0. The van der Waals surface area contributed by atoms with E-state index in [0.717, 1.165) is 0 Å². The van der Waals surface area contributed by atoms with Crippen LogP contribution in [0.3, 0.4) is 0 Å². The molecule has 0 radical (unpaired) electrons. The third-order valence-electron chi connectivity index (χ3n) is 2.44. The molecule has 0 aliphatic carbocycles. The number of alkyl halides is 2. The highest BCUT2D eigenvalue weighted by Gasteiger charge is 2.41. The van der Waals surface area contributed by atoms with E-state index in [-0.39, 0.29) is 5.75 Å². The minimum atomic E-state index is -4.05. The van der Waals surface area contributed by atoms with Crippen LogP contribution in [0.1, 0.15) is 0 Å². The van der Waals surface area contributed by atoms with Gasteiger partial charge in [-0.15, -0.1) is 0 Å². The number of hydrogen-bond acceptors (Lipinski definition) is 4. The Morgan fingerprint density at radius 2 is 1.48 bits per heavy atom. The smallest absolute Gasteiger partial charge is 0.457 e. The zero-order valence-corrected chi connectivity index (χ0v) is 10.8. The molecule has 110 valence electrons. The van der Waals surface area contributed by atoms with Gasteiger partial charge in [-0.3, -0.25) is 10.2 Å². The summed E-state index contributed by atoms with van der Waals surface area (Å²) in [4.78, 5) is 10.8. The van der Waals surface area contributed by atoms with E-state index >= 15 is 0 Å². The van der Waals surface area contributed by atoms with E-state index in [2.05, 4.69) is 10.6 Å². The van der Waals surface area contributed by atoms with Crippen molar-refractivity contribution in [3.05, 3.63) is 54.6 Å². The fourth-order valence-corrected chi connectivity index (χ4v) is 1.48. The number of rotatable bonds is 5. The summed E-state index contributed by atoms with van der Waals surface area (Å²) in [6.45, 7) is 0. The first-order valence-corrected chi connectivity index (χ1v) is 5.92. The lowest BCUT2D eigenvalue weighted by Gasteiger charge is -2.16. The van der Waals surface area contributed by atoms with Gasteiger partial charge in [-0.25, -0.2) is 5.84 Å². The standard InChI is InChI=1S/C14H12F2N2O3/c15-14(16,13(19)18-17)21-12-8-6-11(7-9-12)20-10-4-2-1-3-5-10/h1-9H,17H2,(H,18,19). The van der Waals surface area contributed by atoms with Crippen molar-refractivity contribution in [2.24, 2.45) is 5.84 Å². The maximum atomic E-state index is 13.2. The van der Waals surface area contributed by atoms with Gasteiger partial charge in [0.1, 0.15) is 17.2 Å². The molecule has 0 saturated carbocycles. The van der Waals surface area contributed by atoms with Crippen LogP contribution in [0.4, 0.5) is 8.78 Å². The molecular formula is C14H12F2N2O3. The molecule has 0 saturated heterocycles. The first kappa shape index (κ1) is 14.7. The fraction of sp³-hybridized carbons (Fsp3) is 0.0714. The highest BCUT2D eigenvalue weighted by atomic mass is 19.3. The number of carbonyl (C=O) groups is 1. The highest BCUT2D eigenvalue weighted by Crippen LogP contribution is 2.26. The van der Waals surface area contributed by atoms with Gasteiger partial charge in [-0.2, -0.15) is 8.78 Å². The molecule has 2 aromatic rings. The van der Waals surface area contributed by atoms with Crippen molar-refractivity contribution in [2.45, 2.75) is 6.11 Å². The molecule has 2 rings (SSSR count). The van der Waals surface area contributed by atoms with Crippen LogP contribution >= 0.6 is 0 Å². The first-order chi connectivity index (χ1) is 10.0. The number of nitrogens with one attached hydrogen (secondary N) is 1. The van der Waals surface area contributed by atoms with Gasteiger partial charge in [-0.1, -0.05) is 18.2 Å². The average molecular weight is 294 g/mol. The van der Waals surface area contributed by atoms with Gasteiger partial charge >= 0.3 is 12.0 Å². The van der Waals surface area contributed by atoms with Crippen molar-refractivity contribution in [3.63, 3.8) is 0 Å². The van der Waals surface area contributed by atoms with Crippen molar-refractivity contribution in [1.82, 2.24) is 5.43 Å². The van der Waals surface area contributed by atoms with Crippen molar-refractivity contribution in [1.29, 1.82) is 0 Å². The second-order valence-electron chi connectivity index (χ2n) is 3.98. The molecule has 0 aliphatic heterocycles. The minimum Gasteiger partial charge on any atom is -0.457 e. The SMILES string of the molecule is NNC(=O)C(F)(F)Oc1ccc(Oc2ccccc2)cc1. The number of nitrogens with two attached hydrogens (primary N) is 1. The molecule has 0 aliphatic rings. The second kappa shape index (κ2) is 6.19. The van der Waals surface area contributed by atoms with E-state index in [1.807, 2.05) is 6.07 Å². The molecule has 0 heterocycles. The van der Waals surface area contributed by atoms with Crippen LogP contribution in [0.25, 0.3) is 0 Å². The quantitative estimate of drug-likeness (QED) is 0.504. The van der Waals surface area contributed by atoms with E-state index in [0.29, 0.717) is 11.5 Å². The Labute approximate surface area is 119 Å². The number of ether oxygens (including phenoxy) is 2. The van der Waals surface area contributed by atoms with Gasteiger partial charge in [0.05, 0.1) is 0 Å². The average Bonchev–Trinajstić information content (AvgIpc) is 2.49. The Balaban J connectivity index is 2.04. The van der Waals surface area contributed by atoms with E-state index in [9.17, 15) is 13.6 Å². The monoisotopic (exact) mass is 294 g/mol. The van der Waals surface area contributed by atoms with Gasteiger partial charge < -0.3 is 9.47 Å². The summed E-state index contributed by atoms with van der Waals surface area (Å²) in [6, 6.07) is 14.4. The molecule has 2 aromatic carbocycles. The maximum Gasteiger partial charge on any atom is 0.483 e. The Morgan fingerprint density at radius 1 is 0.952 bits per heavy atom. The summed E-state index contributed by atoms with van der Waals surface area (Å²) < 4.78 is 36.2. The van der Waals surface area contributed by atoms with Crippen LogP contribution in [-0.4, -0.2) is 12.0 Å². The number of halogens is 2. The van der Waals surface area contributed by atoms with Crippen molar-refractivity contribution in [2.75, 3.05) is 0 Å². The third-order valence-corrected chi connectivity index (χ3v) is 2.44. The maximum absolute atomic E-state index is 13.2. The van der Waals surface area contributed by atoms with Crippen LogP contribution in [0, 0.1) is 0 Å². The molecule has 0 atom stereocenters. The lowest BCUT2D eigenvalue weighted by molar-refractivity contribution is -0.192. The molecule has 5 nitrogen and oxygen atoms in total. The Morgan fingerprint density at radius 3 is 2.05 bits per heavy atom. The predicted molar refractivity (Wildman–Crippen MR) is 70.9 cm³/mol. The summed E-state index contributed by atoms with van der Waals surface area (Å²) in [5.41, 5.74) is 1.33. The van der Waals surface area contributed by atoms with Crippen LogP contribution in [0.5, 0.6) is 17.2 Å². The van der Waals surface area contributed by atoms with Crippen molar-refractivity contribution < 1.29 is 23.0 Å². The number of hydrazine groups is 1. The lowest BCUT2D eigenvalue weighted by Crippen LogP contribution is -2.47. The highest BCUT2D eigenvalue weighted by molar-refractivity contribution is 5.81. The summed E-state index contributed by atoms with van der Waals surface area (Å²) in [6.07, 6.45) is -4.05. The number of carbonyl (C=O) groups excluding carboxylic acids is 1. The van der Waals surface area contributed by atoms with Crippen molar-refractivity contribution >= 4 is 5.91 Å². The topological polar surface area (TPSA) is 73.6 Å². The Bertz CT molecular complexity index is 603. The Kier molecular flexibility index (Phi) is 4.34. The van der Waals surface area contributed by atoms with E-state index in [4.69, 9.17) is 4.74 Å². The van der Waals surface area contributed by atoms with Crippen LogP contribution in [0.2, 0.25) is 0 Å². The van der Waals surface area contributed by atoms with E-state index in [1.165, 1.54) is 29.7 Å². The molecule has 3 N–H and O–H groups in total. The number of para-hydroxylation sites is 1.